The molecule has 0 radical (unpaired) electrons. The second-order valence-electron chi connectivity index (χ2n) is 4.56. The number of aromatic nitrogens is 1. The fourth-order valence-corrected chi connectivity index (χ4v) is 2.27. The van der Waals surface area contributed by atoms with Crippen molar-refractivity contribution in [2.45, 2.75) is 12.5 Å². The van der Waals surface area contributed by atoms with Crippen LogP contribution < -0.4 is 19.9 Å². The third kappa shape index (κ3) is 3.25. The van der Waals surface area contributed by atoms with Crippen molar-refractivity contribution in [2.75, 3.05) is 21.3 Å². The van der Waals surface area contributed by atoms with Crippen molar-refractivity contribution in [1.29, 1.82) is 0 Å². The van der Waals surface area contributed by atoms with Crippen LogP contribution in [-0.2, 0) is 6.42 Å². The van der Waals surface area contributed by atoms with E-state index in [0.29, 0.717) is 23.7 Å². The van der Waals surface area contributed by atoms with Crippen LogP contribution in [0.15, 0.2) is 36.5 Å². The highest BCUT2D eigenvalue weighted by Crippen LogP contribution is 2.41. The van der Waals surface area contributed by atoms with E-state index in [2.05, 4.69) is 4.98 Å². The van der Waals surface area contributed by atoms with Crippen LogP contribution in [-0.4, -0.2) is 26.3 Å². The smallest absolute Gasteiger partial charge is 0.203 e. The highest BCUT2D eigenvalue weighted by atomic mass is 16.5. The Morgan fingerprint density at radius 3 is 2.33 bits per heavy atom. The highest BCUT2D eigenvalue weighted by molar-refractivity contribution is 5.56. The second kappa shape index (κ2) is 6.95. The minimum atomic E-state index is -0.241. The molecule has 112 valence electrons. The van der Waals surface area contributed by atoms with E-state index in [0.717, 1.165) is 11.3 Å². The van der Waals surface area contributed by atoms with Crippen molar-refractivity contribution in [3.63, 3.8) is 0 Å². The van der Waals surface area contributed by atoms with E-state index < -0.39 is 0 Å². The number of hydrogen-bond acceptors (Lipinski definition) is 5. The van der Waals surface area contributed by atoms with Gasteiger partial charge in [0.2, 0.25) is 5.75 Å². The summed E-state index contributed by atoms with van der Waals surface area (Å²) < 4.78 is 16.1. The van der Waals surface area contributed by atoms with Crippen molar-refractivity contribution in [3.8, 4) is 17.2 Å². The maximum atomic E-state index is 6.30. The molecule has 1 atom stereocenters. The van der Waals surface area contributed by atoms with Gasteiger partial charge in [0.05, 0.1) is 21.3 Å². The molecule has 0 aliphatic rings. The van der Waals surface area contributed by atoms with Gasteiger partial charge in [-0.3, -0.25) is 4.98 Å². The largest absolute Gasteiger partial charge is 0.493 e. The molecular formula is C16H20N2O3. The van der Waals surface area contributed by atoms with Crippen molar-refractivity contribution >= 4 is 0 Å². The van der Waals surface area contributed by atoms with Crippen molar-refractivity contribution in [2.24, 2.45) is 5.73 Å². The number of ether oxygens (including phenoxy) is 3. The van der Waals surface area contributed by atoms with Crippen molar-refractivity contribution in [3.05, 3.63) is 47.8 Å². The number of pyridine rings is 1. The second-order valence-corrected chi connectivity index (χ2v) is 4.56. The van der Waals surface area contributed by atoms with Crippen LogP contribution >= 0.6 is 0 Å². The molecule has 5 heteroatoms. The van der Waals surface area contributed by atoms with Crippen LogP contribution in [0.2, 0.25) is 0 Å². The van der Waals surface area contributed by atoms with E-state index in [1.807, 2.05) is 30.3 Å². The van der Waals surface area contributed by atoms with Gasteiger partial charge in [-0.1, -0.05) is 6.07 Å². The Bertz CT molecular complexity index is 588. The first-order valence-electron chi connectivity index (χ1n) is 6.65. The summed E-state index contributed by atoms with van der Waals surface area (Å²) >= 11 is 0. The first-order valence-corrected chi connectivity index (χ1v) is 6.65. The predicted octanol–water partition coefficient (Wildman–Crippen LogP) is 2.35. The molecule has 0 aliphatic heterocycles. The zero-order chi connectivity index (χ0) is 15.2. The Hall–Kier alpha value is -2.27. The SMILES string of the molecule is COc1ccc(C(N)Cc2ccccn2)c(OC)c1OC. The molecule has 21 heavy (non-hydrogen) atoms. The summed E-state index contributed by atoms with van der Waals surface area (Å²) in [4.78, 5) is 4.30. The monoisotopic (exact) mass is 288 g/mol. The lowest BCUT2D eigenvalue weighted by atomic mass is 10.0. The fourth-order valence-electron chi connectivity index (χ4n) is 2.27. The number of nitrogens with two attached hydrogens (primary N) is 1. The lowest BCUT2D eigenvalue weighted by molar-refractivity contribution is 0.320. The van der Waals surface area contributed by atoms with Crippen LogP contribution in [0.3, 0.4) is 0 Å². The van der Waals surface area contributed by atoms with Crippen molar-refractivity contribution in [1.82, 2.24) is 4.98 Å². The van der Waals surface area contributed by atoms with Crippen LogP contribution in [0, 0.1) is 0 Å². The number of methoxy groups -OCH3 is 3. The van der Waals surface area contributed by atoms with E-state index in [1.54, 1.807) is 27.5 Å². The summed E-state index contributed by atoms with van der Waals surface area (Å²) in [5.41, 5.74) is 8.10. The van der Waals surface area contributed by atoms with E-state index in [1.165, 1.54) is 0 Å². The van der Waals surface area contributed by atoms with Gasteiger partial charge in [0.1, 0.15) is 0 Å². The summed E-state index contributed by atoms with van der Waals surface area (Å²) in [5.74, 6) is 1.76. The molecule has 0 bridgehead atoms. The lowest BCUT2D eigenvalue weighted by Gasteiger charge is -2.19. The highest BCUT2D eigenvalue weighted by Gasteiger charge is 2.20. The molecule has 1 unspecified atom stereocenters. The van der Waals surface area contributed by atoms with Gasteiger partial charge in [-0.05, 0) is 24.3 Å². The molecule has 0 spiro atoms. The number of hydrogen-bond donors (Lipinski definition) is 1. The molecule has 5 nitrogen and oxygen atoms in total. The third-order valence-electron chi connectivity index (χ3n) is 3.29. The Labute approximate surface area is 124 Å². The molecule has 1 heterocycles. The standard InChI is InChI=1S/C16H20N2O3/c1-19-14-8-7-12(15(20-2)16(14)21-3)13(17)10-11-6-4-5-9-18-11/h4-9,13H,10,17H2,1-3H3. The average molecular weight is 288 g/mol. The zero-order valence-corrected chi connectivity index (χ0v) is 12.5. The Balaban J connectivity index is 2.34. The Kier molecular flexibility index (Phi) is 5.00. The summed E-state index contributed by atoms with van der Waals surface area (Å²) in [6, 6.07) is 9.26. The van der Waals surface area contributed by atoms with Gasteiger partial charge in [-0.25, -0.2) is 0 Å². The number of benzene rings is 1. The summed E-state index contributed by atoms with van der Waals surface area (Å²) in [7, 11) is 4.76. The van der Waals surface area contributed by atoms with E-state index in [9.17, 15) is 0 Å². The van der Waals surface area contributed by atoms with Gasteiger partial charge in [0.25, 0.3) is 0 Å². The first kappa shape index (κ1) is 15.1. The molecule has 0 amide bonds. The molecule has 1 aromatic heterocycles. The van der Waals surface area contributed by atoms with E-state index in [4.69, 9.17) is 19.9 Å². The number of rotatable bonds is 6. The molecule has 0 aliphatic carbocycles. The van der Waals surface area contributed by atoms with Crippen molar-refractivity contribution < 1.29 is 14.2 Å². The zero-order valence-electron chi connectivity index (χ0n) is 12.5. The van der Waals surface area contributed by atoms with Crippen LogP contribution in [0.5, 0.6) is 17.2 Å². The summed E-state index contributed by atoms with van der Waals surface area (Å²) in [5, 5.41) is 0. The minimum Gasteiger partial charge on any atom is -0.493 e. The first-order chi connectivity index (χ1) is 10.2. The maximum absolute atomic E-state index is 6.30. The lowest BCUT2D eigenvalue weighted by Crippen LogP contribution is -2.15. The van der Waals surface area contributed by atoms with Gasteiger partial charge < -0.3 is 19.9 Å². The van der Waals surface area contributed by atoms with E-state index in [-0.39, 0.29) is 6.04 Å². The molecule has 0 fully saturated rings. The van der Waals surface area contributed by atoms with Gasteiger partial charge in [0.15, 0.2) is 11.5 Å². The molecule has 0 saturated heterocycles. The molecule has 2 N–H and O–H groups in total. The minimum absolute atomic E-state index is 0.241. The van der Waals surface area contributed by atoms with Gasteiger partial charge >= 0.3 is 0 Å². The number of nitrogens with zero attached hydrogens (tertiary/aromatic N) is 1. The van der Waals surface area contributed by atoms with Crippen LogP contribution in [0.25, 0.3) is 0 Å². The Morgan fingerprint density at radius 2 is 1.76 bits per heavy atom. The van der Waals surface area contributed by atoms with Crippen LogP contribution in [0.4, 0.5) is 0 Å². The quantitative estimate of drug-likeness (QED) is 0.883. The Morgan fingerprint density at radius 1 is 1.00 bits per heavy atom. The maximum Gasteiger partial charge on any atom is 0.203 e. The average Bonchev–Trinajstić information content (AvgIpc) is 2.53. The summed E-state index contributed by atoms with van der Waals surface area (Å²) in [6.45, 7) is 0. The molecule has 0 saturated carbocycles. The molecule has 2 aromatic rings. The fraction of sp³-hybridized carbons (Fsp3) is 0.312. The van der Waals surface area contributed by atoms with Gasteiger partial charge in [-0.15, -0.1) is 0 Å². The van der Waals surface area contributed by atoms with Gasteiger partial charge in [0, 0.05) is 29.9 Å². The molecular weight excluding hydrogens is 268 g/mol. The topological polar surface area (TPSA) is 66.6 Å². The normalized spacial score (nSPS) is 11.8. The summed E-state index contributed by atoms with van der Waals surface area (Å²) in [6.07, 6.45) is 2.38. The molecule has 2 rings (SSSR count). The van der Waals surface area contributed by atoms with Gasteiger partial charge in [-0.2, -0.15) is 0 Å². The molecule has 1 aromatic carbocycles. The predicted molar refractivity (Wildman–Crippen MR) is 81.0 cm³/mol. The third-order valence-corrected chi connectivity index (χ3v) is 3.29. The van der Waals surface area contributed by atoms with E-state index >= 15 is 0 Å². The van der Waals surface area contributed by atoms with Crippen LogP contribution in [0.1, 0.15) is 17.3 Å².